The SMILES string of the molecule is CC(C)(C)[Si](C)(C)OCCC(O)(CO)c1ccccc1. The highest BCUT2D eigenvalue weighted by Crippen LogP contribution is 2.37. The van der Waals surface area contributed by atoms with E-state index in [4.69, 9.17) is 4.43 Å². The third kappa shape index (κ3) is 4.15. The molecule has 3 nitrogen and oxygen atoms in total. The number of hydrogen-bond donors (Lipinski definition) is 2. The minimum atomic E-state index is -1.81. The summed E-state index contributed by atoms with van der Waals surface area (Å²) < 4.78 is 6.08. The molecule has 20 heavy (non-hydrogen) atoms. The van der Waals surface area contributed by atoms with E-state index in [0.29, 0.717) is 13.0 Å². The lowest BCUT2D eigenvalue weighted by Crippen LogP contribution is -2.42. The summed E-state index contributed by atoms with van der Waals surface area (Å²) in [7, 11) is -1.81. The summed E-state index contributed by atoms with van der Waals surface area (Å²) >= 11 is 0. The molecule has 1 aromatic carbocycles. The Bertz CT molecular complexity index is 411. The van der Waals surface area contributed by atoms with Gasteiger partial charge in [0.05, 0.1) is 6.61 Å². The summed E-state index contributed by atoms with van der Waals surface area (Å²) in [5, 5.41) is 20.3. The maximum absolute atomic E-state index is 10.6. The zero-order valence-electron chi connectivity index (χ0n) is 13.3. The van der Waals surface area contributed by atoms with E-state index in [1.807, 2.05) is 30.3 Å². The topological polar surface area (TPSA) is 49.7 Å². The fourth-order valence-electron chi connectivity index (χ4n) is 1.75. The van der Waals surface area contributed by atoms with Crippen LogP contribution < -0.4 is 0 Å². The van der Waals surface area contributed by atoms with Crippen LogP contribution in [-0.4, -0.2) is 31.7 Å². The monoisotopic (exact) mass is 296 g/mol. The zero-order valence-corrected chi connectivity index (χ0v) is 14.3. The van der Waals surface area contributed by atoms with Crippen molar-refractivity contribution in [1.29, 1.82) is 0 Å². The second kappa shape index (κ2) is 6.39. The summed E-state index contributed by atoms with van der Waals surface area (Å²) in [5.41, 5.74) is -0.481. The molecule has 2 N–H and O–H groups in total. The van der Waals surface area contributed by atoms with Crippen LogP contribution in [0, 0.1) is 0 Å². The van der Waals surface area contributed by atoms with E-state index in [1.165, 1.54) is 0 Å². The fourth-order valence-corrected chi connectivity index (χ4v) is 2.80. The van der Waals surface area contributed by atoms with Gasteiger partial charge in [0.25, 0.3) is 0 Å². The van der Waals surface area contributed by atoms with E-state index < -0.39 is 13.9 Å². The van der Waals surface area contributed by atoms with Crippen molar-refractivity contribution in [2.24, 2.45) is 0 Å². The predicted molar refractivity (Wildman–Crippen MR) is 85.2 cm³/mol. The Morgan fingerprint density at radius 1 is 1.10 bits per heavy atom. The van der Waals surface area contributed by atoms with Gasteiger partial charge in [0.1, 0.15) is 5.60 Å². The second-order valence-corrected chi connectivity index (χ2v) is 11.7. The average molecular weight is 296 g/mol. The molecule has 0 heterocycles. The number of benzene rings is 1. The molecule has 0 fully saturated rings. The van der Waals surface area contributed by atoms with Gasteiger partial charge in [-0.2, -0.15) is 0 Å². The van der Waals surface area contributed by atoms with Gasteiger partial charge in [0, 0.05) is 13.0 Å². The third-order valence-corrected chi connectivity index (χ3v) is 8.90. The van der Waals surface area contributed by atoms with Gasteiger partial charge in [-0.15, -0.1) is 0 Å². The quantitative estimate of drug-likeness (QED) is 0.792. The van der Waals surface area contributed by atoms with E-state index in [9.17, 15) is 10.2 Å². The third-order valence-electron chi connectivity index (χ3n) is 4.36. The van der Waals surface area contributed by atoms with Crippen LogP contribution in [0.2, 0.25) is 18.1 Å². The lowest BCUT2D eigenvalue weighted by Gasteiger charge is -2.37. The normalized spacial score (nSPS) is 15.9. The molecule has 114 valence electrons. The lowest BCUT2D eigenvalue weighted by molar-refractivity contribution is -0.0355. The van der Waals surface area contributed by atoms with Gasteiger partial charge >= 0.3 is 0 Å². The van der Waals surface area contributed by atoms with E-state index in [-0.39, 0.29) is 11.6 Å². The zero-order chi connectivity index (χ0) is 15.4. The molecule has 0 aliphatic rings. The minimum absolute atomic E-state index is 0.150. The molecule has 4 heteroatoms. The van der Waals surface area contributed by atoms with Gasteiger partial charge in [-0.1, -0.05) is 51.1 Å². The van der Waals surface area contributed by atoms with Crippen LogP contribution in [0.5, 0.6) is 0 Å². The molecular formula is C16H28O3Si. The van der Waals surface area contributed by atoms with Crippen LogP contribution in [0.3, 0.4) is 0 Å². The molecule has 0 spiro atoms. The smallest absolute Gasteiger partial charge is 0.191 e. The highest BCUT2D eigenvalue weighted by molar-refractivity contribution is 6.74. The first-order valence-electron chi connectivity index (χ1n) is 7.15. The minimum Gasteiger partial charge on any atom is -0.417 e. The van der Waals surface area contributed by atoms with Crippen molar-refractivity contribution >= 4 is 8.32 Å². The standard InChI is InChI=1S/C16H28O3Si/c1-15(2,3)20(4,5)19-12-11-16(18,13-17)14-9-7-6-8-10-14/h6-10,17-18H,11-13H2,1-5H3. The van der Waals surface area contributed by atoms with Crippen LogP contribution in [0.4, 0.5) is 0 Å². The summed E-state index contributed by atoms with van der Waals surface area (Å²) in [6, 6.07) is 9.30. The first-order valence-corrected chi connectivity index (χ1v) is 10.1. The van der Waals surface area contributed by atoms with Crippen LogP contribution in [0.1, 0.15) is 32.8 Å². The number of hydrogen-bond acceptors (Lipinski definition) is 3. The molecule has 1 unspecified atom stereocenters. The molecule has 0 aliphatic heterocycles. The average Bonchev–Trinajstić information content (AvgIpc) is 2.38. The molecule has 0 amide bonds. The van der Waals surface area contributed by atoms with E-state index in [1.54, 1.807) is 0 Å². The molecular weight excluding hydrogens is 268 g/mol. The molecule has 0 aliphatic carbocycles. The van der Waals surface area contributed by atoms with Gasteiger partial charge < -0.3 is 14.6 Å². The highest BCUT2D eigenvalue weighted by Gasteiger charge is 2.38. The molecule has 0 bridgehead atoms. The Labute approximate surface area is 123 Å². The first-order chi connectivity index (χ1) is 9.12. The van der Waals surface area contributed by atoms with Gasteiger partial charge in [-0.25, -0.2) is 0 Å². The van der Waals surface area contributed by atoms with E-state index >= 15 is 0 Å². The largest absolute Gasteiger partial charge is 0.417 e. The van der Waals surface area contributed by atoms with Crippen LogP contribution >= 0.6 is 0 Å². The lowest BCUT2D eigenvalue weighted by atomic mass is 9.92. The maximum atomic E-state index is 10.6. The highest BCUT2D eigenvalue weighted by atomic mass is 28.4. The Morgan fingerprint density at radius 2 is 1.65 bits per heavy atom. The Morgan fingerprint density at radius 3 is 2.10 bits per heavy atom. The Kier molecular flexibility index (Phi) is 5.55. The van der Waals surface area contributed by atoms with Gasteiger partial charge in [-0.3, -0.25) is 0 Å². The molecule has 0 saturated carbocycles. The van der Waals surface area contributed by atoms with Crippen LogP contribution in [0.15, 0.2) is 30.3 Å². The molecule has 0 aromatic heterocycles. The van der Waals surface area contributed by atoms with Crippen LogP contribution in [-0.2, 0) is 10.0 Å². The van der Waals surface area contributed by atoms with Crippen molar-refractivity contribution in [3.8, 4) is 0 Å². The van der Waals surface area contributed by atoms with Crippen LogP contribution in [0.25, 0.3) is 0 Å². The summed E-state index contributed by atoms with van der Waals surface area (Å²) in [4.78, 5) is 0. The van der Waals surface area contributed by atoms with E-state index in [0.717, 1.165) is 5.56 Å². The predicted octanol–water partition coefficient (Wildman–Crippen LogP) is 3.28. The summed E-state index contributed by atoms with van der Waals surface area (Å²) in [6.07, 6.45) is 0.403. The number of aliphatic hydroxyl groups excluding tert-OH is 1. The van der Waals surface area contributed by atoms with Crippen molar-refractivity contribution in [3.63, 3.8) is 0 Å². The summed E-state index contributed by atoms with van der Waals surface area (Å²) in [6.45, 7) is 11.1. The molecule has 0 radical (unpaired) electrons. The van der Waals surface area contributed by atoms with Crippen molar-refractivity contribution in [1.82, 2.24) is 0 Å². The maximum Gasteiger partial charge on any atom is 0.191 e. The summed E-state index contributed by atoms with van der Waals surface area (Å²) in [5.74, 6) is 0. The van der Waals surface area contributed by atoms with Crippen molar-refractivity contribution < 1.29 is 14.6 Å². The van der Waals surface area contributed by atoms with E-state index in [2.05, 4.69) is 33.9 Å². The van der Waals surface area contributed by atoms with Crippen molar-refractivity contribution in [3.05, 3.63) is 35.9 Å². The van der Waals surface area contributed by atoms with Gasteiger partial charge in [-0.05, 0) is 23.7 Å². The molecule has 1 atom stereocenters. The fraction of sp³-hybridized carbons (Fsp3) is 0.625. The second-order valence-electron chi connectivity index (χ2n) is 6.91. The molecule has 0 saturated heterocycles. The molecule has 1 rings (SSSR count). The Balaban J connectivity index is 2.68. The van der Waals surface area contributed by atoms with Crippen molar-refractivity contribution in [2.45, 2.75) is 50.9 Å². The van der Waals surface area contributed by atoms with Gasteiger partial charge in [0.2, 0.25) is 0 Å². The Hall–Kier alpha value is -0.683. The van der Waals surface area contributed by atoms with Gasteiger partial charge in [0.15, 0.2) is 8.32 Å². The molecule has 1 aromatic rings. The number of rotatable bonds is 6. The van der Waals surface area contributed by atoms with Crippen molar-refractivity contribution in [2.75, 3.05) is 13.2 Å². The first kappa shape index (κ1) is 17.4. The number of aliphatic hydroxyl groups is 2.